The number of nitrogens with zero attached hydrogens (tertiary/aromatic N) is 1. The summed E-state index contributed by atoms with van der Waals surface area (Å²) in [5.41, 5.74) is 5.70. The highest BCUT2D eigenvalue weighted by Gasteiger charge is 2.26. The van der Waals surface area contributed by atoms with E-state index in [4.69, 9.17) is 0 Å². The van der Waals surface area contributed by atoms with Gasteiger partial charge in [0.2, 0.25) is 0 Å². The lowest BCUT2D eigenvalue weighted by Gasteiger charge is -2.32. The molecule has 0 radical (unpaired) electrons. The van der Waals surface area contributed by atoms with Crippen LogP contribution < -0.4 is 4.90 Å². The highest BCUT2D eigenvalue weighted by atomic mass is 19.1. The number of hydrogen-bond donors (Lipinski definition) is 0. The molecule has 3 heteroatoms. The lowest BCUT2D eigenvalue weighted by molar-refractivity contribution is 0.604. The fourth-order valence-electron chi connectivity index (χ4n) is 5.39. The van der Waals surface area contributed by atoms with Crippen molar-refractivity contribution in [2.45, 2.75) is 19.9 Å². The molecular weight excluding hydrogens is 496 g/mol. The van der Waals surface area contributed by atoms with Crippen molar-refractivity contribution < 1.29 is 8.78 Å². The lowest BCUT2D eigenvalue weighted by atomic mass is 9.94. The largest absolute Gasteiger partial charge is 0.334 e. The monoisotopic (exact) mass is 525 g/mol. The molecule has 0 aliphatic rings. The number of hydrogen-bond acceptors (Lipinski definition) is 1. The molecule has 0 fully saturated rings. The van der Waals surface area contributed by atoms with Crippen molar-refractivity contribution in [3.8, 4) is 33.4 Å². The summed E-state index contributed by atoms with van der Waals surface area (Å²) in [6, 6.07) is 42.5. The molecule has 0 aliphatic carbocycles. The molecule has 6 rings (SSSR count). The third kappa shape index (κ3) is 4.76. The van der Waals surface area contributed by atoms with E-state index < -0.39 is 0 Å². The molecule has 0 aliphatic heterocycles. The van der Waals surface area contributed by atoms with Gasteiger partial charge in [-0.1, -0.05) is 115 Å². The van der Waals surface area contributed by atoms with Crippen molar-refractivity contribution in [3.63, 3.8) is 0 Å². The average molecular weight is 526 g/mol. The van der Waals surface area contributed by atoms with Crippen LogP contribution in [0.2, 0.25) is 0 Å². The van der Waals surface area contributed by atoms with E-state index in [1.807, 2.05) is 92.7 Å². The van der Waals surface area contributed by atoms with Crippen LogP contribution in [0.1, 0.15) is 13.8 Å². The molecule has 1 nitrogen and oxygen atoms in total. The van der Waals surface area contributed by atoms with Gasteiger partial charge >= 0.3 is 0 Å². The van der Waals surface area contributed by atoms with E-state index >= 15 is 8.78 Å². The van der Waals surface area contributed by atoms with Crippen LogP contribution in [0.15, 0.2) is 133 Å². The minimum Gasteiger partial charge on any atom is -0.334 e. The maximum Gasteiger partial charge on any atom is 0.155 e. The van der Waals surface area contributed by atoms with Crippen molar-refractivity contribution in [1.82, 2.24) is 0 Å². The van der Waals surface area contributed by atoms with E-state index in [-0.39, 0.29) is 17.7 Å². The van der Waals surface area contributed by atoms with Crippen molar-refractivity contribution >= 4 is 22.1 Å². The van der Waals surface area contributed by atoms with Crippen molar-refractivity contribution in [2.24, 2.45) is 0 Å². The maximum atomic E-state index is 16.8. The normalized spacial score (nSPS) is 11.2. The average Bonchev–Trinajstić information content (AvgIpc) is 2.99. The van der Waals surface area contributed by atoms with Crippen molar-refractivity contribution in [1.29, 1.82) is 0 Å². The Morgan fingerprint density at radius 1 is 0.500 bits per heavy atom. The lowest BCUT2D eigenvalue weighted by Crippen LogP contribution is -2.28. The standard InChI is InChI=1S/C37H29F2N/c1-25(2)40(35-15-9-8-14-34(35)38)37-33(28-11-4-3-5-12-28)23-22-32(36(37)39)29-19-16-27(17-20-29)31-21-18-26-10-6-7-13-30(26)24-31/h3-25H,1-2H3. The Hall–Kier alpha value is -4.76. The van der Waals surface area contributed by atoms with Gasteiger partial charge in [0, 0.05) is 17.2 Å². The fourth-order valence-corrected chi connectivity index (χ4v) is 5.39. The van der Waals surface area contributed by atoms with Crippen molar-refractivity contribution in [3.05, 3.63) is 145 Å². The summed E-state index contributed by atoms with van der Waals surface area (Å²) in [6.07, 6.45) is 0. The first kappa shape index (κ1) is 25.5. The predicted octanol–water partition coefficient (Wildman–Crippen LogP) is 10.7. The molecule has 0 N–H and O–H groups in total. The SMILES string of the molecule is CC(C)N(c1ccccc1F)c1c(-c2ccccc2)ccc(-c2ccc(-c3ccc4ccccc4c3)cc2)c1F. The molecule has 0 atom stereocenters. The molecule has 0 bridgehead atoms. The number of rotatable bonds is 6. The molecule has 6 aromatic carbocycles. The second kappa shape index (κ2) is 10.8. The number of benzene rings is 6. The van der Waals surface area contributed by atoms with Gasteiger partial charge in [0.15, 0.2) is 5.82 Å². The number of halogens is 2. The van der Waals surface area contributed by atoms with Crippen LogP contribution in [0.4, 0.5) is 20.2 Å². The van der Waals surface area contributed by atoms with Crippen LogP contribution >= 0.6 is 0 Å². The molecule has 0 aromatic heterocycles. The van der Waals surface area contributed by atoms with Crippen LogP contribution in [-0.4, -0.2) is 6.04 Å². The molecule has 0 saturated heterocycles. The maximum absolute atomic E-state index is 16.8. The first-order chi connectivity index (χ1) is 19.5. The summed E-state index contributed by atoms with van der Waals surface area (Å²) in [4.78, 5) is 1.76. The molecule has 0 spiro atoms. The zero-order chi connectivity index (χ0) is 27.6. The van der Waals surface area contributed by atoms with Crippen LogP contribution in [0.25, 0.3) is 44.2 Å². The van der Waals surface area contributed by atoms with Crippen molar-refractivity contribution in [2.75, 3.05) is 4.90 Å². The Morgan fingerprint density at radius 2 is 1.07 bits per heavy atom. The highest BCUT2D eigenvalue weighted by molar-refractivity contribution is 5.89. The van der Waals surface area contributed by atoms with E-state index in [0.717, 1.165) is 22.3 Å². The molecule has 40 heavy (non-hydrogen) atoms. The van der Waals surface area contributed by atoms with E-state index in [0.29, 0.717) is 22.5 Å². The topological polar surface area (TPSA) is 3.24 Å². The summed E-state index contributed by atoms with van der Waals surface area (Å²) < 4.78 is 31.9. The predicted molar refractivity (Wildman–Crippen MR) is 164 cm³/mol. The van der Waals surface area contributed by atoms with Gasteiger partial charge in [0.1, 0.15) is 5.82 Å². The Balaban J connectivity index is 1.48. The van der Waals surface area contributed by atoms with E-state index in [1.54, 1.807) is 23.1 Å². The smallest absolute Gasteiger partial charge is 0.155 e. The second-order valence-corrected chi connectivity index (χ2v) is 10.2. The quantitative estimate of drug-likeness (QED) is 0.209. The Morgan fingerprint density at radius 3 is 1.80 bits per heavy atom. The van der Waals surface area contributed by atoms with Gasteiger partial charge in [-0.15, -0.1) is 0 Å². The van der Waals surface area contributed by atoms with Crippen LogP contribution in [0.3, 0.4) is 0 Å². The van der Waals surface area contributed by atoms with E-state index in [1.165, 1.54) is 16.8 Å². The number of para-hydroxylation sites is 1. The summed E-state index contributed by atoms with van der Waals surface area (Å²) in [6.45, 7) is 3.90. The van der Waals surface area contributed by atoms with E-state index in [9.17, 15) is 0 Å². The van der Waals surface area contributed by atoms with Gasteiger partial charge in [-0.2, -0.15) is 0 Å². The first-order valence-corrected chi connectivity index (χ1v) is 13.5. The highest BCUT2D eigenvalue weighted by Crippen LogP contribution is 2.43. The Kier molecular flexibility index (Phi) is 6.88. The minimum absolute atomic E-state index is 0.195. The summed E-state index contributed by atoms with van der Waals surface area (Å²) >= 11 is 0. The third-order valence-electron chi connectivity index (χ3n) is 7.35. The third-order valence-corrected chi connectivity index (χ3v) is 7.35. The minimum atomic E-state index is -0.389. The van der Waals surface area contributed by atoms with E-state index in [2.05, 4.69) is 30.3 Å². The molecule has 0 unspecified atom stereocenters. The number of anilines is 2. The molecule has 0 saturated carbocycles. The second-order valence-electron chi connectivity index (χ2n) is 10.2. The Bertz CT molecular complexity index is 1790. The summed E-state index contributed by atoms with van der Waals surface area (Å²) in [7, 11) is 0. The van der Waals surface area contributed by atoms with Gasteiger partial charge < -0.3 is 4.90 Å². The zero-order valence-electron chi connectivity index (χ0n) is 22.5. The van der Waals surface area contributed by atoms with Gasteiger partial charge in [0.25, 0.3) is 0 Å². The van der Waals surface area contributed by atoms with Crippen LogP contribution in [0, 0.1) is 11.6 Å². The summed E-state index contributed by atoms with van der Waals surface area (Å²) in [5, 5.41) is 2.37. The van der Waals surface area contributed by atoms with Crippen LogP contribution in [-0.2, 0) is 0 Å². The van der Waals surface area contributed by atoms with Gasteiger partial charge in [-0.05, 0) is 65.1 Å². The fraction of sp³-hybridized carbons (Fsp3) is 0.0811. The molecule has 0 heterocycles. The zero-order valence-corrected chi connectivity index (χ0v) is 22.5. The van der Waals surface area contributed by atoms with Gasteiger partial charge in [-0.3, -0.25) is 0 Å². The van der Waals surface area contributed by atoms with Crippen LogP contribution in [0.5, 0.6) is 0 Å². The summed E-state index contributed by atoms with van der Waals surface area (Å²) in [5.74, 6) is -0.767. The van der Waals surface area contributed by atoms with Gasteiger partial charge in [-0.25, -0.2) is 8.78 Å². The molecule has 6 aromatic rings. The molecular formula is C37H29F2N. The van der Waals surface area contributed by atoms with Gasteiger partial charge in [0.05, 0.1) is 11.4 Å². The number of fused-ring (bicyclic) bond motifs is 1. The molecule has 0 amide bonds. The molecule has 196 valence electrons. The Labute approximate surface area is 234 Å². The first-order valence-electron chi connectivity index (χ1n) is 13.5.